The van der Waals surface area contributed by atoms with E-state index in [1.165, 1.54) is 4.90 Å². The molecule has 3 rings (SSSR count). The fourth-order valence-electron chi connectivity index (χ4n) is 2.49. The summed E-state index contributed by atoms with van der Waals surface area (Å²) < 4.78 is 15.8. The zero-order valence-electron chi connectivity index (χ0n) is 10.9. The number of piperidine rings is 1. The standard InChI is InChI=1S/C13H16FN5O/c14-11-8-18(9-20)6-4-10(11)7-15-13-17-16-12-3-1-2-5-19(12)13/h1-3,5,9-11H,4,6-8H2,(H,15,17). The maximum absolute atomic E-state index is 13.9. The summed E-state index contributed by atoms with van der Waals surface area (Å²) in [6, 6.07) is 5.64. The minimum Gasteiger partial charge on any atom is -0.354 e. The van der Waals surface area contributed by atoms with Gasteiger partial charge in [0, 0.05) is 25.2 Å². The van der Waals surface area contributed by atoms with Gasteiger partial charge in [0.05, 0.1) is 6.54 Å². The van der Waals surface area contributed by atoms with Crippen molar-refractivity contribution in [3.05, 3.63) is 24.4 Å². The number of hydrogen-bond donors (Lipinski definition) is 1. The maximum Gasteiger partial charge on any atom is 0.229 e. The van der Waals surface area contributed by atoms with Crippen molar-refractivity contribution in [2.24, 2.45) is 5.92 Å². The number of rotatable bonds is 4. The van der Waals surface area contributed by atoms with E-state index in [4.69, 9.17) is 0 Å². The molecular weight excluding hydrogens is 261 g/mol. The van der Waals surface area contributed by atoms with Crippen LogP contribution >= 0.6 is 0 Å². The highest BCUT2D eigenvalue weighted by Gasteiger charge is 2.28. The number of halogens is 1. The van der Waals surface area contributed by atoms with Crippen molar-refractivity contribution in [2.75, 3.05) is 25.0 Å². The quantitative estimate of drug-likeness (QED) is 0.845. The first-order valence-electron chi connectivity index (χ1n) is 6.65. The summed E-state index contributed by atoms with van der Waals surface area (Å²) >= 11 is 0. The lowest BCUT2D eigenvalue weighted by Gasteiger charge is -2.32. The lowest BCUT2D eigenvalue weighted by Crippen LogP contribution is -2.43. The number of pyridine rings is 1. The molecule has 0 aliphatic carbocycles. The molecule has 2 aromatic rings. The Bertz CT molecular complexity index is 601. The highest BCUT2D eigenvalue weighted by molar-refractivity contribution is 5.47. The van der Waals surface area contributed by atoms with Crippen molar-refractivity contribution in [1.82, 2.24) is 19.5 Å². The number of aromatic nitrogens is 3. The number of nitrogens with zero attached hydrogens (tertiary/aromatic N) is 4. The van der Waals surface area contributed by atoms with Crippen LogP contribution in [0.5, 0.6) is 0 Å². The fraction of sp³-hybridized carbons (Fsp3) is 0.462. The van der Waals surface area contributed by atoms with Gasteiger partial charge in [-0.1, -0.05) is 6.07 Å². The fourth-order valence-corrected chi connectivity index (χ4v) is 2.49. The van der Waals surface area contributed by atoms with E-state index in [-0.39, 0.29) is 12.5 Å². The van der Waals surface area contributed by atoms with Crippen LogP contribution in [0.2, 0.25) is 0 Å². The number of alkyl halides is 1. The van der Waals surface area contributed by atoms with Crippen LogP contribution in [0.15, 0.2) is 24.4 Å². The van der Waals surface area contributed by atoms with E-state index in [0.717, 1.165) is 5.65 Å². The van der Waals surface area contributed by atoms with Crippen molar-refractivity contribution in [3.63, 3.8) is 0 Å². The molecule has 1 saturated heterocycles. The highest BCUT2D eigenvalue weighted by atomic mass is 19.1. The molecule has 1 N–H and O–H groups in total. The van der Waals surface area contributed by atoms with Crippen LogP contribution in [0.3, 0.4) is 0 Å². The number of amides is 1. The van der Waals surface area contributed by atoms with E-state index in [2.05, 4.69) is 15.5 Å². The molecule has 2 unspecified atom stereocenters. The molecule has 106 valence electrons. The van der Waals surface area contributed by atoms with E-state index in [1.807, 2.05) is 28.8 Å². The number of carbonyl (C=O) groups is 1. The van der Waals surface area contributed by atoms with E-state index in [0.29, 0.717) is 31.9 Å². The third kappa shape index (κ3) is 2.43. The molecule has 1 fully saturated rings. The summed E-state index contributed by atoms with van der Waals surface area (Å²) in [5, 5.41) is 11.2. The van der Waals surface area contributed by atoms with Gasteiger partial charge in [0.15, 0.2) is 5.65 Å². The van der Waals surface area contributed by atoms with Crippen LogP contribution in [0.1, 0.15) is 6.42 Å². The smallest absolute Gasteiger partial charge is 0.229 e. The Labute approximate surface area is 115 Å². The minimum absolute atomic E-state index is 0.109. The average molecular weight is 277 g/mol. The number of carbonyl (C=O) groups excluding carboxylic acids is 1. The molecule has 7 heteroatoms. The molecule has 0 aromatic carbocycles. The molecular formula is C13H16FN5O. The van der Waals surface area contributed by atoms with Crippen LogP contribution < -0.4 is 5.32 Å². The van der Waals surface area contributed by atoms with Gasteiger partial charge in [-0.15, -0.1) is 10.2 Å². The van der Waals surface area contributed by atoms with Crippen molar-refractivity contribution in [3.8, 4) is 0 Å². The minimum atomic E-state index is -0.999. The molecule has 1 amide bonds. The third-order valence-electron chi connectivity index (χ3n) is 3.69. The van der Waals surface area contributed by atoms with Crippen molar-refractivity contribution < 1.29 is 9.18 Å². The number of nitrogens with one attached hydrogen (secondary N) is 1. The molecule has 20 heavy (non-hydrogen) atoms. The van der Waals surface area contributed by atoms with Crippen molar-refractivity contribution in [2.45, 2.75) is 12.6 Å². The first kappa shape index (κ1) is 12.8. The number of likely N-dealkylation sites (tertiary alicyclic amines) is 1. The van der Waals surface area contributed by atoms with Gasteiger partial charge in [0.1, 0.15) is 6.17 Å². The lowest BCUT2D eigenvalue weighted by atomic mass is 9.95. The van der Waals surface area contributed by atoms with Gasteiger partial charge in [-0.25, -0.2) is 4.39 Å². The van der Waals surface area contributed by atoms with E-state index in [1.54, 1.807) is 0 Å². The molecule has 0 radical (unpaired) electrons. The SMILES string of the molecule is O=CN1CCC(CNc2nnc3ccccn23)C(F)C1. The second kappa shape index (κ2) is 5.44. The van der Waals surface area contributed by atoms with E-state index >= 15 is 0 Å². The Morgan fingerprint density at radius 1 is 1.45 bits per heavy atom. The van der Waals surface area contributed by atoms with E-state index in [9.17, 15) is 9.18 Å². The Morgan fingerprint density at radius 3 is 3.15 bits per heavy atom. The molecule has 0 spiro atoms. The second-order valence-corrected chi connectivity index (χ2v) is 5.00. The summed E-state index contributed by atoms with van der Waals surface area (Å²) in [5.74, 6) is 0.507. The molecule has 0 bridgehead atoms. The Kier molecular flexibility index (Phi) is 3.49. The molecule has 3 heterocycles. The summed E-state index contributed by atoms with van der Waals surface area (Å²) in [5.41, 5.74) is 0.752. The average Bonchev–Trinajstić information content (AvgIpc) is 2.89. The number of fused-ring (bicyclic) bond motifs is 1. The zero-order valence-corrected chi connectivity index (χ0v) is 10.9. The van der Waals surface area contributed by atoms with Crippen LogP contribution in [-0.2, 0) is 4.79 Å². The summed E-state index contributed by atoms with van der Waals surface area (Å²) in [6.07, 6.45) is 2.23. The predicted octanol–water partition coefficient (Wildman–Crippen LogP) is 0.958. The molecule has 1 aliphatic rings. The molecule has 0 saturated carbocycles. The van der Waals surface area contributed by atoms with Gasteiger partial charge in [0.2, 0.25) is 12.4 Å². The topological polar surface area (TPSA) is 62.5 Å². The van der Waals surface area contributed by atoms with Crippen molar-refractivity contribution in [1.29, 1.82) is 0 Å². The lowest BCUT2D eigenvalue weighted by molar-refractivity contribution is -0.120. The Morgan fingerprint density at radius 2 is 2.35 bits per heavy atom. The zero-order chi connectivity index (χ0) is 13.9. The monoisotopic (exact) mass is 277 g/mol. The van der Waals surface area contributed by atoms with Gasteiger partial charge in [-0.2, -0.15) is 0 Å². The largest absolute Gasteiger partial charge is 0.354 e. The normalized spacial score (nSPS) is 22.9. The summed E-state index contributed by atoms with van der Waals surface area (Å²) in [7, 11) is 0. The third-order valence-corrected chi connectivity index (χ3v) is 3.69. The first-order chi connectivity index (χ1) is 9.78. The predicted molar refractivity (Wildman–Crippen MR) is 72.1 cm³/mol. The van der Waals surface area contributed by atoms with Gasteiger partial charge < -0.3 is 10.2 Å². The first-order valence-corrected chi connectivity index (χ1v) is 6.65. The van der Waals surface area contributed by atoms with Crippen LogP contribution in [0, 0.1) is 5.92 Å². The van der Waals surface area contributed by atoms with Gasteiger partial charge in [-0.05, 0) is 18.6 Å². The van der Waals surface area contributed by atoms with Crippen molar-refractivity contribution >= 4 is 18.0 Å². The molecule has 6 nitrogen and oxygen atoms in total. The molecule has 2 aromatic heterocycles. The number of anilines is 1. The van der Waals surface area contributed by atoms with Gasteiger partial charge in [-0.3, -0.25) is 9.20 Å². The second-order valence-electron chi connectivity index (χ2n) is 5.00. The van der Waals surface area contributed by atoms with Gasteiger partial charge in [0.25, 0.3) is 0 Å². The number of hydrogen-bond acceptors (Lipinski definition) is 4. The highest BCUT2D eigenvalue weighted by Crippen LogP contribution is 2.20. The Balaban J connectivity index is 1.63. The molecule has 1 aliphatic heterocycles. The maximum atomic E-state index is 13.9. The van der Waals surface area contributed by atoms with E-state index < -0.39 is 6.17 Å². The van der Waals surface area contributed by atoms with Gasteiger partial charge >= 0.3 is 0 Å². The van der Waals surface area contributed by atoms with Crippen LogP contribution in [0.4, 0.5) is 10.3 Å². The Hall–Kier alpha value is -2.18. The van der Waals surface area contributed by atoms with Crippen LogP contribution in [-0.4, -0.2) is 51.7 Å². The van der Waals surface area contributed by atoms with Crippen LogP contribution in [0.25, 0.3) is 5.65 Å². The summed E-state index contributed by atoms with van der Waals surface area (Å²) in [4.78, 5) is 12.1. The molecule has 2 atom stereocenters. The summed E-state index contributed by atoms with van der Waals surface area (Å²) in [6.45, 7) is 1.27.